The number of anilines is 1. The second-order valence-corrected chi connectivity index (χ2v) is 5.73. The van der Waals surface area contributed by atoms with E-state index < -0.39 is 0 Å². The summed E-state index contributed by atoms with van der Waals surface area (Å²) < 4.78 is 0. The van der Waals surface area contributed by atoms with E-state index in [4.69, 9.17) is 23.2 Å². The van der Waals surface area contributed by atoms with Gasteiger partial charge < -0.3 is 0 Å². The van der Waals surface area contributed by atoms with Gasteiger partial charge in [0.15, 0.2) is 5.69 Å². The van der Waals surface area contributed by atoms with Gasteiger partial charge in [0.25, 0.3) is 5.91 Å². The summed E-state index contributed by atoms with van der Waals surface area (Å²) in [6.45, 7) is 0. The summed E-state index contributed by atoms with van der Waals surface area (Å²) in [6, 6.07) is 6.73. The Morgan fingerprint density at radius 2 is 2.05 bits per heavy atom. The molecule has 2 N–H and O–H groups in total. The van der Waals surface area contributed by atoms with Gasteiger partial charge in [-0.1, -0.05) is 23.2 Å². The standard InChI is InChI=1S/C13H8Cl2N4OS/c14-7-1-2-11(9(15)5-7)17-19-13(20)12-8-6-21-4-3-10(8)16-18-12/h1-6,17H,(H,19,20). The SMILES string of the molecule is O=C(NNc1ccc(Cl)cc1Cl)c1nnc2ccscc1-2. The highest BCUT2D eigenvalue weighted by molar-refractivity contribution is 7.07. The first kappa shape index (κ1) is 14.1. The number of benzene rings is 1. The first-order chi connectivity index (χ1) is 10.1. The molecule has 0 radical (unpaired) electrons. The first-order valence-electron chi connectivity index (χ1n) is 5.85. The first-order valence-corrected chi connectivity index (χ1v) is 7.55. The lowest BCUT2D eigenvalue weighted by molar-refractivity contribution is 0.0958. The number of nitrogens with zero attached hydrogens (tertiary/aromatic N) is 2. The lowest BCUT2D eigenvalue weighted by Gasteiger charge is -2.09. The zero-order chi connectivity index (χ0) is 14.8. The van der Waals surface area contributed by atoms with E-state index in [1.807, 2.05) is 16.8 Å². The number of carbonyl (C=O) groups excluding carboxylic acids is 1. The molecule has 1 amide bonds. The van der Waals surface area contributed by atoms with Crippen molar-refractivity contribution in [3.63, 3.8) is 0 Å². The van der Waals surface area contributed by atoms with Crippen LogP contribution in [0, 0.1) is 0 Å². The van der Waals surface area contributed by atoms with Gasteiger partial charge in [-0.15, -0.1) is 10.2 Å². The maximum absolute atomic E-state index is 12.1. The van der Waals surface area contributed by atoms with Crippen LogP contribution in [0.3, 0.4) is 0 Å². The number of hydrogen-bond donors (Lipinski definition) is 2. The van der Waals surface area contributed by atoms with Gasteiger partial charge in [-0.05, 0) is 29.6 Å². The number of amides is 1. The Kier molecular flexibility index (Phi) is 3.92. The fourth-order valence-corrected chi connectivity index (χ4v) is 2.84. The van der Waals surface area contributed by atoms with Crippen LogP contribution < -0.4 is 10.9 Å². The molecule has 0 atom stereocenters. The second kappa shape index (κ2) is 5.85. The molecule has 0 aliphatic carbocycles. The molecule has 0 bridgehead atoms. The van der Waals surface area contributed by atoms with Crippen LogP contribution in [0.1, 0.15) is 10.5 Å². The van der Waals surface area contributed by atoms with Crippen LogP contribution in [-0.4, -0.2) is 16.1 Å². The number of halogens is 2. The Labute approximate surface area is 134 Å². The van der Waals surface area contributed by atoms with Gasteiger partial charge in [0, 0.05) is 16.0 Å². The van der Waals surface area contributed by atoms with Gasteiger partial charge in [-0.3, -0.25) is 15.6 Å². The average Bonchev–Trinajstić information content (AvgIpc) is 2.90. The van der Waals surface area contributed by atoms with Crippen LogP contribution in [0.4, 0.5) is 5.69 Å². The molecule has 1 aromatic rings. The van der Waals surface area contributed by atoms with Crippen LogP contribution in [0.25, 0.3) is 11.3 Å². The molecular formula is C13H8Cl2N4OS. The highest BCUT2D eigenvalue weighted by Crippen LogP contribution is 2.26. The number of carbonyl (C=O) groups is 1. The largest absolute Gasteiger partial charge is 0.297 e. The van der Waals surface area contributed by atoms with Crippen molar-refractivity contribution in [1.29, 1.82) is 0 Å². The summed E-state index contributed by atoms with van der Waals surface area (Å²) in [6.07, 6.45) is 0. The molecule has 0 saturated carbocycles. The minimum Gasteiger partial charge on any atom is -0.297 e. The van der Waals surface area contributed by atoms with Crippen molar-refractivity contribution in [2.45, 2.75) is 0 Å². The number of hydrogen-bond acceptors (Lipinski definition) is 5. The molecule has 0 spiro atoms. The van der Waals surface area contributed by atoms with Crippen molar-refractivity contribution in [3.05, 3.63) is 50.8 Å². The Morgan fingerprint density at radius 3 is 2.86 bits per heavy atom. The maximum atomic E-state index is 12.1. The minimum atomic E-state index is -0.387. The van der Waals surface area contributed by atoms with E-state index in [1.54, 1.807) is 18.2 Å². The smallest absolute Gasteiger partial charge is 0.290 e. The fraction of sp³-hybridized carbons (Fsp3) is 0. The number of rotatable bonds is 3. The molecule has 106 valence electrons. The van der Waals surface area contributed by atoms with Crippen molar-refractivity contribution >= 4 is 46.1 Å². The normalized spacial score (nSPS) is 10.6. The maximum Gasteiger partial charge on any atom is 0.290 e. The van der Waals surface area contributed by atoms with E-state index in [0.717, 1.165) is 0 Å². The third-order valence-corrected chi connectivity index (χ3v) is 3.95. The van der Waals surface area contributed by atoms with Crippen LogP contribution in [0.5, 0.6) is 0 Å². The van der Waals surface area contributed by atoms with Crippen molar-refractivity contribution in [2.75, 3.05) is 5.43 Å². The molecule has 0 fully saturated rings. The third-order valence-electron chi connectivity index (χ3n) is 2.74. The predicted molar refractivity (Wildman–Crippen MR) is 84.1 cm³/mol. The lowest BCUT2D eigenvalue weighted by Crippen LogP contribution is -2.30. The monoisotopic (exact) mass is 338 g/mol. The summed E-state index contributed by atoms with van der Waals surface area (Å²) in [5, 5.41) is 12.5. The van der Waals surface area contributed by atoms with Gasteiger partial charge in [-0.2, -0.15) is 11.3 Å². The summed E-state index contributed by atoms with van der Waals surface area (Å²) >= 11 is 13.3. The van der Waals surface area contributed by atoms with Crippen LogP contribution in [0.2, 0.25) is 10.0 Å². The number of aromatic nitrogens is 2. The summed E-state index contributed by atoms with van der Waals surface area (Å²) in [4.78, 5) is 12.1. The summed E-state index contributed by atoms with van der Waals surface area (Å²) in [7, 11) is 0. The van der Waals surface area contributed by atoms with E-state index in [-0.39, 0.29) is 11.6 Å². The number of hydrazine groups is 1. The van der Waals surface area contributed by atoms with Crippen LogP contribution in [-0.2, 0) is 0 Å². The predicted octanol–water partition coefficient (Wildman–Crippen LogP) is 3.71. The van der Waals surface area contributed by atoms with E-state index in [9.17, 15) is 4.79 Å². The van der Waals surface area contributed by atoms with Crippen LogP contribution in [0.15, 0.2) is 35.0 Å². The highest BCUT2D eigenvalue weighted by atomic mass is 35.5. The Morgan fingerprint density at radius 1 is 1.19 bits per heavy atom. The van der Waals surface area contributed by atoms with Crippen LogP contribution >= 0.6 is 34.5 Å². The highest BCUT2D eigenvalue weighted by Gasteiger charge is 2.19. The Balaban J connectivity index is 1.75. The fourth-order valence-electron chi connectivity index (χ4n) is 1.73. The molecule has 21 heavy (non-hydrogen) atoms. The van der Waals surface area contributed by atoms with Gasteiger partial charge in [0.2, 0.25) is 0 Å². The number of fused-ring (bicyclic) bond motifs is 1. The van der Waals surface area contributed by atoms with Gasteiger partial charge >= 0.3 is 0 Å². The topological polar surface area (TPSA) is 66.9 Å². The quantitative estimate of drug-likeness (QED) is 0.714. The van der Waals surface area contributed by atoms with E-state index in [1.165, 1.54) is 11.3 Å². The second-order valence-electron chi connectivity index (χ2n) is 4.11. The number of nitrogens with one attached hydrogen (secondary N) is 2. The molecule has 5 nitrogen and oxygen atoms in total. The van der Waals surface area contributed by atoms with Gasteiger partial charge in [-0.25, -0.2) is 0 Å². The molecule has 2 heterocycles. The molecule has 0 aromatic heterocycles. The zero-order valence-electron chi connectivity index (χ0n) is 10.4. The summed E-state index contributed by atoms with van der Waals surface area (Å²) in [5.41, 5.74) is 7.48. The molecule has 0 saturated heterocycles. The van der Waals surface area contributed by atoms with Crippen molar-refractivity contribution in [1.82, 2.24) is 15.6 Å². The van der Waals surface area contributed by atoms with Gasteiger partial charge in [0.1, 0.15) is 0 Å². The Hall–Kier alpha value is -1.89. The molecule has 2 aliphatic rings. The zero-order valence-corrected chi connectivity index (χ0v) is 12.8. The average molecular weight is 339 g/mol. The molecule has 2 aliphatic heterocycles. The minimum absolute atomic E-state index is 0.263. The molecule has 0 unspecified atom stereocenters. The molecule has 1 aromatic carbocycles. The summed E-state index contributed by atoms with van der Waals surface area (Å²) in [5.74, 6) is -0.387. The molecular weight excluding hydrogens is 331 g/mol. The van der Waals surface area contributed by atoms with E-state index in [2.05, 4.69) is 21.0 Å². The van der Waals surface area contributed by atoms with Gasteiger partial charge in [0.05, 0.1) is 16.4 Å². The van der Waals surface area contributed by atoms with E-state index in [0.29, 0.717) is 27.0 Å². The van der Waals surface area contributed by atoms with Crippen molar-refractivity contribution < 1.29 is 4.79 Å². The molecule has 8 heteroatoms. The third kappa shape index (κ3) is 2.92. The Bertz CT molecular complexity index is 777. The van der Waals surface area contributed by atoms with Crippen molar-refractivity contribution in [3.8, 4) is 11.3 Å². The lowest BCUT2D eigenvalue weighted by atomic mass is 10.2. The molecule has 3 rings (SSSR count). The van der Waals surface area contributed by atoms with Crippen molar-refractivity contribution in [2.24, 2.45) is 0 Å². The van der Waals surface area contributed by atoms with E-state index >= 15 is 0 Å².